The quantitative estimate of drug-likeness (QED) is 0.307. The summed E-state index contributed by atoms with van der Waals surface area (Å²) in [5.74, 6) is 1.27. The minimum absolute atomic E-state index is 0.493. The minimum atomic E-state index is 0.493. The van der Waals surface area contributed by atoms with E-state index in [9.17, 15) is 0 Å². The number of benzene rings is 3. The predicted octanol–water partition coefficient (Wildman–Crippen LogP) is 7.61. The van der Waals surface area contributed by atoms with Crippen LogP contribution in [0.2, 0.25) is 5.02 Å². The molecule has 1 N–H and O–H groups in total. The maximum Gasteiger partial charge on any atom is 0.150 e. The molecule has 4 nitrogen and oxygen atoms in total. The second-order valence-corrected chi connectivity index (χ2v) is 8.51. The van der Waals surface area contributed by atoms with E-state index < -0.39 is 0 Å². The van der Waals surface area contributed by atoms with E-state index >= 15 is 0 Å². The highest BCUT2D eigenvalue weighted by molar-refractivity contribution is 6.30. The number of aromatic nitrogens is 3. The van der Waals surface area contributed by atoms with E-state index in [4.69, 9.17) is 11.6 Å². The minimum Gasteiger partial charge on any atom is -0.340 e. The molecule has 0 aliphatic rings. The van der Waals surface area contributed by atoms with Gasteiger partial charge in [-0.2, -0.15) is 0 Å². The summed E-state index contributed by atoms with van der Waals surface area (Å²) in [6, 6.07) is 26.6. The molecule has 32 heavy (non-hydrogen) atoms. The standard InChI is InChI=1S/C27H23ClN4/c1-18(2)19-8-12-22(13-9-19)31-26-25-24(20-6-4-3-5-7-20)16-32(27(25)30-17-29-26)23-14-10-21(28)11-15-23/h3-18H,1-2H3,(H,29,30,31). The van der Waals surface area contributed by atoms with Crippen molar-refractivity contribution in [1.82, 2.24) is 14.5 Å². The van der Waals surface area contributed by atoms with Crippen LogP contribution in [0.1, 0.15) is 25.3 Å². The Morgan fingerprint density at radius 1 is 0.844 bits per heavy atom. The molecule has 5 rings (SSSR count). The zero-order valence-electron chi connectivity index (χ0n) is 18.0. The molecule has 2 aromatic heterocycles. The normalized spacial score (nSPS) is 11.2. The van der Waals surface area contributed by atoms with Crippen LogP contribution < -0.4 is 5.32 Å². The van der Waals surface area contributed by atoms with Crippen molar-refractivity contribution in [2.45, 2.75) is 19.8 Å². The molecule has 3 aromatic carbocycles. The topological polar surface area (TPSA) is 42.7 Å². The van der Waals surface area contributed by atoms with Crippen molar-refractivity contribution in [3.63, 3.8) is 0 Å². The summed E-state index contributed by atoms with van der Waals surface area (Å²) >= 11 is 6.12. The molecule has 5 heteroatoms. The molecule has 0 fully saturated rings. The van der Waals surface area contributed by atoms with Gasteiger partial charge in [-0.1, -0.05) is 67.9 Å². The maximum atomic E-state index is 6.12. The van der Waals surface area contributed by atoms with Crippen LogP contribution in [0, 0.1) is 0 Å². The van der Waals surface area contributed by atoms with Crippen LogP contribution in [0.5, 0.6) is 0 Å². The third-order valence-electron chi connectivity index (χ3n) is 5.61. The average Bonchev–Trinajstić information content (AvgIpc) is 3.21. The van der Waals surface area contributed by atoms with Crippen molar-refractivity contribution < 1.29 is 0 Å². The molecule has 0 atom stereocenters. The summed E-state index contributed by atoms with van der Waals surface area (Å²) in [7, 11) is 0. The molecule has 0 aliphatic heterocycles. The summed E-state index contributed by atoms with van der Waals surface area (Å²) in [6.07, 6.45) is 3.72. The van der Waals surface area contributed by atoms with Gasteiger partial charge >= 0.3 is 0 Å². The molecule has 0 unspecified atom stereocenters. The zero-order chi connectivity index (χ0) is 22.1. The molecule has 0 saturated carbocycles. The van der Waals surface area contributed by atoms with E-state index in [0.717, 1.165) is 39.4 Å². The molecule has 0 aliphatic carbocycles. The fourth-order valence-corrected chi connectivity index (χ4v) is 4.01. The Bertz CT molecular complexity index is 1360. The van der Waals surface area contributed by atoms with E-state index in [1.54, 1.807) is 6.33 Å². The van der Waals surface area contributed by atoms with Crippen molar-refractivity contribution in [1.29, 1.82) is 0 Å². The Kier molecular flexibility index (Phi) is 5.38. The van der Waals surface area contributed by atoms with Crippen molar-refractivity contribution in [2.75, 3.05) is 5.32 Å². The second-order valence-electron chi connectivity index (χ2n) is 8.08. The largest absolute Gasteiger partial charge is 0.340 e. The van der Waals surface area contributed by atoms with Crippen LogP contribution in [0.4, 0.5) is 11.5 Å². The summed E-state index contributed by atoms with van der Waals surface area (Å²) in [4.78, 5) is 9.25. The number of fused-ring (bicyclic) bond motifs is 1. The molecular formula is C27H23ClN4. The average molecular weight is 439 g/mol. The van der Waals surface area contributed by atoms with Gasteiger partial charge in [0.05, 0.1) is 5.39 Å². The van der Waals surface area contributed by atoms with E-state index in [1.807, 2.05) is 42.5 Å². The SMILES string of the molecule is CC(C)c1ccc(Nc2ncnc3c2c(-c2ccccc2)cn3-c2ccc(Cl)cc2)cc1. The number of hydrogen-bond acceptors (Lipinski definition) is 3. The fraction of sp³-hybridized carbons (Fsp3) is 0.111. The second kappa shape index (κ2) is 8.48. The monoisotopic (exact) mass is 438 g/mol. The Labute approximate surface area is 192 Å². The van der Waals surface area contributed by atoms with Gasteiger partial charge in [0.15, 0.2) is 5.65 Å². The molecule has 0 radical (unpaired) electrons. The van der Waals surface area contributed by atoms with Gasteiger partial charge in [-0.05, 0) is 53.4 Å². The summed E-state index contributed by atoms with van der Waals surface area (Å²) < 4.78 is 2.09. The first-order valence-corrected chi connectivity index (χ1v) is 11.0. The lowest BCUT2D eigenvalue weighted by molar-refractivity contribution is 0.867. The van der Waals surface area contributed by atoms with E-state index in [-0.39, 0.29) is 0 Å². The molecule has 158 valence electrons. The first-order chi connectivity index (χ1) is 15.6. The smallest absolute Gasteiger partial charge is 0.150 e. The zero-order valence-corrected chi connectivity index (χ0v) is 18.7. The third-order valence-corrected chi connectivity index (χ3v) is 5.86. The van der Waals surface area contributed by atoms with Gasteiger partial charge in [-0.3, -0.25) is 0 Å². The lowest BCUT2D eigenvalue weighted by atomic mass is 10.0. The molecule has 0 spiro atoms. The molecule has 5 aromatic rings. The Balaban J connectivity index is 1.67. The van der Waals surface area contributed by atoms with Gasteiger partial charge in [0.1, 0.15) is 12.1 Å². The third kappa shape index (κ3) is 3.85. The highest BCUT2D eigenvalue weighted by Crippen LogP contribution is 2.36. The lowest BCUT2D eigenvalue weighted by Crippen LogP contribution is -1.98. The Hall–Kier alpha value is -3.63. The molecule has 0 bridgehead atoms. The number of anilines is 2. The summed E-state index contributed by atoms with van der Waals surface area (Å²) in [6.45, 7) is 4.39. The van der Waals surface area contributed by atoms with Crippen molar-refractivity contribution in [2.24, 2.45) is 0 Å². The maximum absolute atomic E-state index is 6.12. The van der Waals surface area contributed by atoms with Crippen LogP contribution in [-0.4, -0.2) is 14.5 Å². The molecular weight excluding hydrogens is 416 g/mol. The van der Waals surface area contributed by atoms with Crippen LogP contribution in [0.15, 0.2) is 91.4 Å². The summed E-state index contributed by atoms with van der Waals surface area (Å²) in [5.41, 5.74) is 6.31. The first-order valence-electron chi connectivity index (χ1n) is 10.6. The molecule has 0 saturated heterocycles. The van der Waals surface area contributed by atoms with E-state index in [0.29, 0.717) is 10.9 Å². The molecule has 2 heterocycles. The van der Waals surface area contributed by atoms with Crippen molar-refractivity contribution in [3.05, 3.63) is 102 Å². The number of nitrogens with one attached hydrogen (secondary N) is 1. The van der Waals surface area contributed by atoms with Gasteiger partial charge in [0.2, 0.25) is 0 Å². The Morgan fingerprint density at radius 3 is 2.25 bits per heavy atom. The van der Waals surface area contributed by atoms with E-state index in [1.165, 1.54) is 5.56 Å². The first kappa shape index (κ1) is 20.3. The summed E-state index contributed by atoms with van der Waals surface area (Å²) in [5, 5.41) is 5.19. The highest BCUT2D eigenvalue weighted by atomic mass is 35.5. The number of hydrogen-bond donors (Lipinski definition) is 1. The highest BCUT2D eigenvalue weighted by Gasteiger charge is 2.17. The van der Waals surface area contributed by atoms with Gasteiger partial charge in [0.25, 0.3) is 0 Å². The van der Waals surface area contributed by atoms with Crippen LogP contribution >= 0.6 is 11.6 Å². The van der Waals surface area contributed by atoms with Crippen LogP contribution in [0.25, 0.3) is 27.8 Å². The van der Waals surface area contributed by atoms with Gasteiger partial charge in [-0.15, -0.1) is 0 Å². The fourth-order valence-electron chi connectivity index (χ4n) is 3.88. The number of halogens is 1. The Morgan fingerprint density at radius 2 is 1.56 bits per heavy atom. The molecule has 0 amide bonds. The van der Waals surface area contributed by atoms with Gasteiger partial charge < -0.3 is 9.88 Å². The van der Waals surface area contributed by atoms with Crippen LogP contribution in [-0.2, 0) is 0 Å². The number of rotatable bonds is 5. The van der Waals surface area contributed by atoms with Crippen LogP contribution in [0.3, 0.4) is 0 Å². The predicted molar refractivity (Wildman–Crippen MR) is 133 cm³/mol. The lowest BCUT2D eigenvalue weighted by Gasteiger charge is -2.11. The van der Waals surface area contributed by atoms with Crippen molar-refractivity contribution >= 4 is 34.1 Å². The van der Waals surface area contributed by atoms with Gasteiger partial charge in [-0.25, -0.2) is 9.97 Å². The number of nitrogens with zero attached hydrogens (tertiary/aromatic N) is 3. The van der Waals surface area contributed by atoms with Gasteiger partial charge in [0, 0.05) is 28.2 Å². The van der Waals surface area contributed by atoms with E-state index in [2.05, 4.69) is 76.3 Å². The van der Waals surface area contributed by atoms with Crippen molar-refractivity contribution in [3.8, 4) is 16.8 Å².